The fourth-order valence-electron chi connectivity index (χ4n) is 5.03. The van der Waals surface area contributed by atoms with Crippen molar-refractivity contribution >= 4 is 11.9 Å². The number of nitrogens with zero attached hydrogens (tertiary/aromatic N) is 1. The number of phenols is 1. The number of carboxylic acids is 1. The molecule has 1 atom stereocenters. The fourth-order valence-corrected chi connectivity index (χ4v) is 5.03. The molecule has 1 unspecified atom stereocenters. The van der Waals surface area contributed by atoms with Crippen molar-refractivity contribution in [2.75, 3.05) is 0 Å². The summed E-state index contributed by atoms with van der Waals surface area (Å²) in [5.74, 6) is -1.47. The van der Waals surface area contributed by atoms with Gasteiger partial charge in [0.2, 0.25) is 0 Å². The van der Waals surface area contributed by atoms with Crippen LogP contribution in [0.4, 0.5) is 0 Å². The molecule has 170 valence electrons. The Balaban J connectivity index is 1.66. The van der Waals surface area contributed by atoms with Gasteiger partial charge in [-0.3, -0.25) is 9.59 Å². The highest BCUT2D eigenvalue weighted by Crippen LogP contribution is 2.27. The highest BCUT2D eigenvalue weighted by atomic mass is 16.4. The second-order valence-corrected chi connectivity index (χ2v) is 8.99. The van der Waals surface area contributed by atoms with E-state index in [4.69, 9.17) is 0 Å². The van der Waals surface area contributed by atoms with Gasteiger partial charge in [0, 0.05) is 12.2 Å². The van der Waals surface area contributed by atoms with Gasteiger partial charge in [-0.05, 0) is 73.8 Å². The first-order valence-electron chi connectivity index (χ1n) is 11.5. The minimum atomic E-state index is -1.31. The molecule has 0 saturated heterocycles. The molecule has 7 nitrogen and oxygen atoms in total. The zero-order chi connectivity index (χ0) is 22.7. The Kier molecular flexibility index (Phi) is 6.63. The molecule has 0 spiro atoms. The number of carbonyl (C=O) groups is 2. The molecule has 7 heteroatoms. The zero-order valence-electron chi connectivity index (χ0n) is 18.2. The molecule has 2 aliphatic carbocycles. The normalized spacial score (nSPS) is 17.4. The van der Waals surface area contributed by atoms with Crippen LogP contribution in [0.2, 0.25) is 0 Å². The lowest BCUT2D eigenvalue weighted by Gasteiger charge is -2.27. The minimum Gasteiger partial charge on any atom is -0.508 e. The van der Waals surface area contributed by atoms with E-state index in [1.54, 1.807) is 10.6 Å². The molecule has 3 N–H and O–H groups in total. The number of aliphatic carboxylic acids is 1. The molecule has 32 heavy (non-hydrogen) atoms. The molecule has 1 heterocycles. The van der Waals surface area contributed by atoms with Crippen LogP contribution >= 0.6 is 0 Å². The van der Waals surface area contributed by atoms with E-state index in [0.29, 0.717) is 18.0 Å². The van der Waals surface area contributed by atoms with Gasteiger partial charge in [0.1, 0.15) is 11.3 Å². The summed E-state index contributed by atoms with van der Waals surface area (Å²) in [7, 11) is 0. The highest BCUT2D eigenvalue weighted by molar-refractivity contribution is 5.96. The highest BCUT2D eigenvalue weighted by Gasteiger charge is 2.27. The van der Waals surface area contributed by atoms with Crippen LogP contribution in [-0.2, 0) is 24.2 Å². The number of aryl methyl sites for hydroxylation is 1. The molecule has 0 radical (unpaired) electrons. The number of rotatable bonds is 6. The molecule has 1 saturated carbocycles. The molecule has 1 amide bonds. The van der Waals surface area contributed by atoms with Gasteiger partial charge in [0.15, 0.2) is 6.04 Å². The molecule has 0 aliphatic heterocycles. The van der Waals surface area contributed by atoms with Crippen molar-refractivity contribution in [2.45, 2.75) is 70.4 Å². The number of benzene rings is 1. The standard InChI is InChI=1S/C25H30N2O5/c28-19-12-10-17(11-13-19)22(25(31)32)26-23(29)20-14-18-8-4-5-9-21(18)27(24(20)30)15-16-6-2-1-3-7-16/h10-14,16,22,28H,1-9,15H2,(H,26,29)(H,31,32). The van der Waals surface area contributed by atoms with Gasteiger partial charge in [-0.2, -0.15) is 0 Å². The van der Waals surface area contributed by atoms with E-state index in [2.05, 4.69) is 5.32 Å². The van der Waals surface area contributed by atoms with Gasteiger partial charge in [0.05, 0.1) is 0 Å². The predicted octanol–water partition coefficient (Wildman–Crippen LogP) is 3.57. The second-order valence-electron chi connectivity index (χ2n) is 8.99. The minimum absolute atomic E-state index is 0.00417. The van der Waals surface area contributed by atoms with Gasteiger partial charge in [0.25, 0.3) is 11.5 Å². The summed E-state index contributed by atoms with van der Waals surface area (Å²) in [6.45, 7) is 0.628. The van der Waals surface area contributed by atoms with Crippen LogP contribution in [0.3, 0.4) is 0 Å². The van der Waals surface area contributed by atoms with Crippen molar-refractivity contribution in [3.63, 3.8) is 0 Å². The number of hydrogen-bond donors (Lipinski definition) is 3. The second kappa shape index (κ2) is 9.59. The third-order valence-electron chi connectivity index (χ3n) is 6.76. The van der Waals surface area contributed by atoms with Crippen molar-refractivity contribution in [1.29, 1.82) is 0 Å². The van der Waals surface area contributed by atoms with E-state index >= 15 is 0 Å². The Morgan fingerprint density at radius 3 is 2.41 bits per heavy atom. The van der Waals surface area contributed by atoms with Gasteiger partial charge < -0.3 is 20.1 Å². The summed E-state index contributed by atoms with van der Waals surface area (Å²) in [4.78, 5) is 38.4. The number of carboxylic acid groups (broad SMARTS) is 1. The summed E-state index contributed by atoms with van der Waals surface area (Å²) in [5.41, 5.74) is 2.06. The zero-order valence-corrected chi connectivity index (χ0v) is 18.2. The number of aromatic nitrogens is 1. The first-order valence-corrected chi connectivity index (χ1v) is 11.5. The molecule has 0 bridgehead atoms. The van der Waals surface area contributed by atoms with E-state index in [1.165, 1.54) is 43.5 Å². The first-order chi connectivity index (χ1) is 15.4. The average molecular weight is 439 g/mol. The fraction of sp³-hybridized carbons (Fsp3) is 0.480. The topological polar surface area (TPSA) is 109 Å². The summed E-state index contributed by atoms with van der Waals surface area (Å²) in [6.07, 6.45) is 9.49. The number of hydrogen-bond acceptors (Lipinski definition) is 4. The van der Waals surface area contributed by atoms with Gasteiger partial charge in [-0.1, -0.05) is 31.4 Å². The maximum Gasteiger partial charge on any atom is 0.330 e. The van der Waals surface area contributed by atoms with Gasteiger partial charge >= 0.3 is 5.97 Å². The summed E-state index contributed by atoms with van der Waals surface area (Å²) >= 11 is 0. The molecule has 2 aromatic rings. The van der Waals surface area contributed by atoms with Crippen LogP contribution < -0.4 is 10.9 Å². The number of aromatic hydroxyl groups is 1. The van der Waals surface area contributed by atoms with Crippen LogP contribution in [-0.4, -0.2) is 26.7 Å². The van der Waals surface area contributed by atoms with Crippen molar-refractivity contribution < 1.29 is 19.8 Å². The Hall–Kier alpha value is -3.09. The van der Waals surface area contributed by atoms with Gasteiger partial charge in [-0.15, -0.1) is 0 Å². The van der Waals surface area contributed by atoms with E-state index in [0.717, 1.165) is 49.8 Å². The lowest BCUT2D eigenvalue weighted by molar-refractivity contribution is -0.139. The molecular formula is C25H30N2O5. The van der Waals surface area contributed by atoms with Gasteiger partial charge in [-0.25, -0.2) is 4.79 Å². The maximum atomic E-state index is 13.4. The number of pyridine rings is 1. The van der Waals surface area contributed by atoms with E-state index in [9.17, 15) is 24.6 Å². The third kappa shape index (κ3) is 4.71. The quantitative estimate of drug-likeness (QED) is 0.639. The van der Waals surface area contributed by atoms with Crippen molar-refractivity contribution in [3.05, 3.63) is 63.1 Å². The number of phenolic OH excluding ortho intramolecular Hbond substituents is 1. The van der Waals surface area contributed by atoms with Crippen molar-refractivity contribution in [1.82, 2.24) is 9.88 Å². The molecule has 2 aliphatic rings. The summed E-state index contributed by atoms with van der Waals surface area (Å²) in [6, 6.07) is 5.98. The molecule has 1 fully saturated rings. The Bertz CT molecular complexity index is 1050. The Morgan fingerprint density at radius 1 is 1.03 bits per heavy atom. The Morgan fingerprint density at radius 2 is 1.72 bits per heavy atom. The van der Waals surface area contributed by atoms with E-state index in [-0.39, 0.29) is 16.9 Å². The van der Waals surface area contributed by atoms with Crippen LogP contribution in [0.15, 0.2) is 35.1 Å². The summed E-state index contributed by atoms with van der Waals surface area (Å²) in [5, 5.41) is 21.6. The average Bonchev–Trinajstić information content (AvgIpc) is 2.80. The van der Waals surface area contributed by atoms with Crippen LogP contribution in [0, 0.1) is 5.92 Å². The van der Waals surface area contributed by atoms with Crippen LogP contribution in [0.1, 0.15) is 78.2 Å². The number of carbonyl (C=O) groups excluding carboxylic acids is 1. The number of fused-ring (bicyclic) bond motifs is 1. The van der Waals surface area contributed by atoms with Crippen LogP contribution in [0.5, 0.6) is 5.75 Å². The van der Waals surface area contributed by atoms with Crippen molar-refractivity contribution in [3.8, 4) is 5.75 Å². The summed E-state index contributed by atoms with van der Waals surface area (Å²) < 4.78 is 1.80. The third-order valence-corrected chi connectivity index (χ3v) is 6.76. The molecule has 1 aromatic heterocycles. The lowest BCUT2D eigenvalue weighted by atomic mass is 9.88. The number of nitrogens with one attached hydrogen (secondary N) is 1. The first kappa shape index (κ1) is 22.1. The predicted molar refractivity (Wildman–Crippen MR) is 120 cm³/mol. The van der Waals surface area contributed by atoms with Crippen molar-refractivity contribution in [2.24, 2.45) is 5.92 Å². The maximum absolute atomic E-state index is 13.4. The van der Waals surface area contributed by atoms with E-state index in [1.807, 2.05) is 0 Å². The molecular weight excluding hydrogens is 408 g/mol. The largest absolute Gasteiger partial charge is 0.508 e. The molecule has 1 aromatic carbocycles. The SMILES string of the molecule is O=C(NC(C(=O)O)c1ccc(O)cc1)c1cc2c(n(CC3CCCCC3)c1=O)CCCC2. The monoisotopic (exact) mass is 438 g/mol. The van der Waals surface area contributed by atoms with Crippen LogP contribution in [0.25, 0.3) is 0 Å². The smallest absolute Gasteiger partial charge is 0.330 e. The number of amides is 1. The molecule has 4 rings (SSSR count). The Labute approximate surface area is 187 Å². The van der Waals surface area contributed by atoms with E-state index < -0.39 is 17.9 Å². The lowest BCUT2D eigenvalue weighted by Crippen LogP contribution is -2.40.